The molecule has 4 heterocycles. The summed E-state index contributed by atoms with van der Waals surface area (Å²) >= 11 is 6.97. The highest BCUT2D eigenvalue weighted by molar-refractivity contribution is 6.34. The molecule has 0 radical (unpaired) electrons. The third-order valence-electron chi connectivity index (χ3n) is 7.91. The molecule has 2 aromatic heterocycles. The first-order valence-electron chi connectivity index (χ1n) is 13.8. The lowest BCUT2D eigenvalue weighted by Crippen LogP contribution is -2.62. The second-order valence-corrected chi connectivity index (χ2v) is 12.2. The van der Waals surface area contributed by atoms with Crippen molar-refractivity contribution in [3.05, 3.63) is 40.2 Å². The minimum atomic E-state index is -0.672. The Morgan fingerprint density at radius 1 is 1.12 bits per heavy atom. The number of fused-ring (bicyclic) bond motifs is 1. The smallest absolute Gasteiger partial charge is 0.247 e. The highest BCUT2D eigenvalue weighted by Gasteiger charge is 2.36. The van der Waals surface area contributed by atoms with Crippen LogP contribution in [0.25, 0.3) is 5.65 Å². The Morgan fingerprint density at radius 2 is 1.88 bits per heavy atom. The molecule has 1 aromatic carbocycles. The van der Waals surface area contributed by atoms with Gasteiger partial charge in [-0.25, -0.2) is 4.98 Å². The van der Waals surface area contributed by atoms with Gasteiger partial charge in [-0.15, -0.1) is 5.10 Å². The molecule has 6 rings (SSSR count). The van der Waals surface area contributed by atoms with Gasteiger partial charge in [-0.2, -0.15) is 20.0 Å². The number of benzene rings is 1. The molecule has 11 nitrogen and oxygen atoms in total. The van der Waals surface area contributed by atoms with E-state index in [0.717, 1.165) is 57.4 Å². The summed E-state index contributed by atoms with van der Waals surface area (Å²) in [6, 6.07) is 8.86. The fourth-order valence-corrected chi connectivity index (χ4v) is 6.08. The van der Waals surface area contributed by atoms with E-state index >= 15 is 0 Å². The predicted octanol–water partition coefficient (Wildman–Crippen LogP) is 3.47. The molecule has 1 saturated carbocycles. The lowest BCUT2D eigenvalue weighted by atomic mass is 9.87. The van der Waals surface area contributed by atoms with Gasteiger partial charge in [0.1, 0.15) is 6.07 Å². The summed E-state index contributed by atoms with van der Waals surface area (Å²) in [7, 11) is 0. The van der Waals surface area contributed by atoms with E-state index in [-0.39, 0.29) is 11.9 Å². The summed E-state index contributed by atoms with van der Waals surface area (Å²) in [5.74, 6) is 1.06. The average Bonchev–Trinajstić information content (AvgIpc) is 3.62. The van der Waals surface area contributed by atoms with Crippen molar-refractivity contribution >= 4 is 34.7 Å². The van der Waals surface area contributed by atoms with Crippen molar-refractivity contribution in [3.63, 3.8) is 0 Å². The number of nitrogens with zero attached hydrogens (tertiary/aromatic N) is 8. The van der Waals surface area contributed by atoms with Gasteiger partial charge in [0.25, 0.3) is 0 Å². The SMILES string of the molecule is CC(C)(O)CN1CC(N2CCC(c3cc(C#N)cc(Nc4nc(NC5CC5)c5ncc(C#N)n5n4)c3Cl)CC2)C1. The number of halogens is 1. The fourth-order valence-electron chi connectivity index (χ4n) is 5.77. The number of likely N-dealkylation sites (tertiary alicyclic amines) is 2. The van der Waals surface area contributed by atoms with Crippen LogP contribution in [0, 0.1) is 22.7 Å². The number of imidazole rings is 1. The fraction of sp³-hybridized carbons (Fsp3) is 0.536. The van der Waals surface area contributed by atoms with E-state index in [4.69, 9.17) is 11.6 Å². The normalized spacial score (nSPS) is 19.2. The Morgan fingerprint density at radius 3 is 2.52 bits per heavy atom. The number of nitriles is 2. The lowest BCUT2D eigenvalue weighted by Gasteiger charge is -2.49. The number of aliphatic hydroxyl groups is 1. The van der Waals surface area contributed by atoms with Crippen molar-refractivity contribution in [2.24, 2.45) is 0 Å². The molecule has 0 spiro atoms. The van der Waals surface area contributed by atoms with E-state index < -0.39 is 5.60 Å². The molecule has 3 aliphatic rings. The summed E-state index contributed by atoms with van der Waals surface area (Å²) < 4.78 is 1.47. The molecule has 1 aliphatic carbocycles. The van der Waals surface area contributed by atoms with Crippen LogP contribution in [-0.4, -0.2) is 84.9 Å². The van der Waals surface area contributed by atoms with Gasteiger partial charge in [0.2, 0.25) is 5.95 Å². The molecule has 0 bridgehead atoms. The highest BCUT2D eigenvalue weighted by atomic mass is 35.5. The van der Waals surface area contributed by atoms with Gasteiger partial charge < -0.3 is 15.7 Å². The molecule has 0 atom stereocenters. The maximum Gasteiger partial charge on any atom is 0.247 e. The van der Waals surface area contributed by atoms with Crippen LogP contribution in [0.1, 0.15) is 62.3 Å². The molecule has 2 saturated heterocycles. The molecule has 2 aliphatic heterocycles. The van der Waals surface area contributed by atoms with Crippen LogP contribution < -0.4 is 10.6 Å². The summed E-state index contributed by atoms with van der Waals surface area (Å²) in [5.41, 5.74) is 2.16. The monoisotopic (exact) mass is 560 g/mol. The number of nitrogens with one attached hydrogen (secondary N) is 2. The second kappa shape index (κ2) is 10.5. The number of anilines is 3. The van der Waals surface area contributed by atoms with Gasteiger partial charge in [-0.05, 0) is 76.2 Å². The average molecular weight is 561 g/mol. The molecular weight excluding hydrogens is 528 g/mol. The van der Waals surface area contributed by atoms with E-state index in [1.54, 1.807) is 6.07 Å². The lowest BCUT2D eigenvalue weighted by molar-refractivity contribution is -0.0327. The quantitative estimate of drug-likeness (QED) is 0.375. The maximum atomic E-state index is 10.1. The van der Waals surface area contributed by atoms with Crippen molar-refractivity contribution in [1.29, 1.82) is 10.5 Å². The van der Waals surface area contributed by atoms with E-state index in [1.165, 1.54) is 10.7 Å². The molecule has 208 valence electrons. The molecular formula is C28H33ClN10O. The van der Waals surface area contributed by atoms with E-state index in [0.29, 0.717) is 52.1 Å². The standard InChI is InChI=1S/C28H33ClN10O/c1-28(2,40)16-37-14-21(15-37)38-7-5-18(6-8-38)22-9-17(11-30)10-23(24(22)29)34-27-35-25(33-19-3-4-19)26-32-13-20(12-31)39(26)36-27/h9-10,13,18-19,21,40H,3-8,14-16H2,1-2H3,(H2,33,34,35,36). The number of hydrogen-bond acceptors (Lipinski definition) is 10. The zero-order valence-corrected chi connectivity index (χ0v) is 23.5. The molecule has 0 unspecified atom stereocenters. The van der Waals surface area contributed by atoms with Gasteiger partial charge in [0.05, 0.1) is 34.1 Å². The predicted molar refractivity (Wildman–Crippen MR) is 152 cm³/mol. The van der Waals surface area contributed by atoms with Crippen molar-refractivity contribution in [1.82, 2.24) is 29.4 Å². The summed E-state index contributed by atoms with van der Waals surface area (Å²) in [4.78, 5) is 13.8. The zero-order chi connectivity index (χ0) is 28.0. The second-order valence-electron chi connectivity index (χ2n) is 11.8. The zero-order valence-electron chi connectivity index (χ0n) is 22.7. The van der Waals surface area contributed by atoms with E-state index in [2.05, 4.69) is 47.6 Å². The molecule has 40 heavy (non-hydrogen) atoms. The number of aromatic nitrogens is 4. The van der Waals surface area contributed by atoms with Crippen LogP contribution in [0.4, 0.5) is 17.5 Å². The Balaban J connectivity index is 1.19. The highest BCUT2D eigenvalue weighted by Crippen LogP contribution is 2.39. The van der Waals surface area contributed by atoms with Crippen LogP contribution in [0.15, 0.2) is 18.3 Å². The van der Waals surface area contributed by atoms with Crippen molar-refractivity contribution < 1.29 is 5.11 Å². The van der Waals surface area contributed by atoms with Crippen LogP contribution in [0.3, 0.4) is 0 Å². The Bertz CT molecular complexity index is 1500. The number of piperidine rings is 1. The number of β-amino-alcohol motifs (C(OH)–C–C–N with tert-alkyl or cyclic N) is 1. The first kappa shape index (κ1) is 26.7. The molecule has 3 fully saturated rings. The maximum absolute atomic E-state index is 10.1. The van der Waals surface area contributed by atoms with Crippen LogP contribution in [0.5, 0.6) is 0 Å². The number of hydrogen-bond donors (Lipinski definition) is 3. The first-order chi connectivity index (χ1) is 19.2. The minimum absolute atomic E-state index is 0.236. The van der Waals surface area contributed by atoms with Crippen LogP contribution in [0.2, 0.25) is 5.02 Å². The third-order valence-corrected chi connectivity index (χ3v) is 8.33. The van der Waals surface area contributed by atoms with Gasteiger partial charge in [-0.3, -0.25) is 9.80 Å². The molecule has 12 heteroatoms. The first-order valence-corrected chi connectivity index (χ1v) is 14.2. The van der Waals surface area contributed by atoms with Crippen molar-refractivity contribution in [2.45, 2.75) is 63.1 Å². The van der Waals surface area contributed by atoms with E-state index in [1.807, 2.05) is 19.9 Å². The van der Waals surface area contributed by atoms with Gasteiger partial charge in [0, 0.05) is 31.7 Å². The van der Waals surface area contributed by atoms with Gasteiger partial charge in [-0.1, -0.05) is 11.6 Å². The van der Waals surface area contributed by atoms with Gasteiger partial charge >= 0.3 is 0 Å². The minimum Gasteiger partial charge on any atom is -0.389 e. The van der Waals surface area contributed by atoms with Crippen molar-refractivity contribution in [2.75, 3.05) is 43.4 Å². The summed E-state index contributed by atoms with van der Waals surface area (Å²) in [6.07, 6.45) is 5.50. The molecule has 3 N–H and O–H groups in total. The Hall–Kier alpha value is -3.48. The van der Waals surface area contributed by atoms with Gasteiger partial charge in [0.15, 0.2) is 17.2 Å². The summed E-state index contributed by atoms with van der Waals surface area (Å²) in [6.45, 7) is 8.30. The summed E-state index contributed by atoms with van der Waals surface area (Å²) in [5, 5.41) is 41.1. The molecule has 0 amide bonds. The third kappa shape index (κ3) is 5.56. The Kier molecular flexibility index (Phi) is 7.01. The van der Waals surface area contributed by atoms with E-state index in [9.17, 15) is 15.6 Å². The van der Waals surface area contributed by atoms with Crippen LogP contribution in [-0.2, 0) is 0 Å². The molecule has 3 aromatic rings. The number of rotatable bonds is 8. The Labute approximate surface area is 238 Å². The largest absolute Gasteiger partial charge is 0.389 e. The van der Waals surface area contributed by atoms with Crippen LogP contribution >= 0.6 is 11.6 Å². The van der Waals surface area contributed by atoms with Crippen molar-refractivity contribution in [3.8, 4) is 12.1 Å². The topological polar surface area (TPSA) is 141 Å².